The normalized spacial score (nSPS) is 22.7. The minimum Gasteiger partial charge on any atom is -0.310 e. The molecule has 1 aromatic carbocycles. The Balaban J connectivity index is 1.99. The van der Waals surface area contributed by atoms with Gasteiger partial charge in [-0.1, -0.05) is 18.2 Å². The lowest BCUT2D eigenvalue weighted by atomic mass is 10.0. The van der Waals surface area contributed by atoms with Crippen molar-refractivity contribution in [2.45, 2.75) is 52.2 Å². The first kappa shape index (κ1) is 13.6. The topological polar surface area (TPSA) is 15.3 Å². The third kappa shape index (κ3) is 3.12. The maximum atomic E-state index is 3.59. The van der Waals surface area contributed by atoms with E-state index in [9.17, 15) is 0 Å². The predicted molar refractivity (Wildman–Crippen MR) is 77.9 cm³/mol. The highest BCUT2D eigenvalue weighted by Gasteiger charge is 2.32. The summed E-state index contributed by atoms with van der Waals surface area (Å²) >= 11 is 0. The van der Waals surface area contributed by atoms with Crippen LogP contribution in [0.4, 0.5) is 0 Å². The summed E-state index contributed by atoms with van der Waals surface area (Å²) in [5.74, 6) is 0. The third-order valence-corrected chi connectivity index (χ3v) is 4.19. The van der Waals surface area contributed by atoms with Gasteiger partial charge in [0.05, 0.1) is 0 Å². The van der Waals surface area contributed by atoms with Gasteiger partial charge in [-0.3, -0.25) is 4.90 Å². The molecule has 0 bridgehead atoms. The molecule has 0 aliphatic carbocycles. The molecule has 18 heavy (non-hydrogen) atoms. The van der Waals surface area contributed by atoms with Gasteiger partial charge in [0.15, 0.2) is 0 Å². The van der Waals surface area contributed by atoms with E-state index in [-0.39, 0.29) is 0 Å². The molecule has 1 aromatic rings. The van der Waals surface area contributed by atoms with Gasteiger partial charge in [-0.2, -0.15) is 0 Å². The van der Waals surface area contributed by atoms with Crippen LogP contribution in [0.5, 0.6) is 0 Å². The van der Waals surface area contributed by atoms with Crippen molar-refractivity contribution >= 4 is 0 Å². The van der Waals surface area contributed by atoms with Crippen LogP contribution in [-0.2, 0) is 6.54 Å². The van der Waals surface area contributed by atoms with Crippen LogP contribution < -0.4 is 5.32 Å². The van der Waals surface area contributed by atoms with Crippen LogP contribution in [0.15, 0.2) is 18.2 Å². The molecular formula is C16H26N2. The molecule has 1 atom stereocenters. The summed E-state index contributed by atoms with van der Waals surface area (Å²) in [6.45, 7) is 11.1. The second-order valence-electron chi connectivity index (χ2n) is 6.46. The zero-order valence-electron chi connectivity index (χ0n) is 12.4. The van der Waals surface area contributed by atoms with Crippen molar-refractivity contribution in [1.82, 2.24) is 10.2 Å². The van der Waals surface area contributed by atoms with Crippen molar-refractivity contribution in [3.8, 4) is 0 Å². The molecule has 1 N–H and O–H groups in total. The summed E-state index contributed by atoms with van der Waals surface area (Å²) in [6, 6.07) is 7.46. The Hall–Kier alpha value is -0.860. The van der Waals surface area contributed by atoms with E-state index in [2.05, 4.69) is 63.2 Å². The fourth-order valence-corrected chi connectivity index (χ4v) is 2.76. The van der Waals surface area contributed by atoms with Crippen LogP contribution in [-0.4, -0.2) is 30.1 Å². The minimum atomic E-state index is 0.294. The van der Waals surface area contributed by atoms with E-state index < -0.39 is 0 Å². The molecule has 0 amide bonds. The summed E-state index contributed by atoms with van der Waals surface area (Å²) in [5, 5.41) is 3.59. The lowest BCUT2D eigenvalue weighted by molar-refractivity contribution is 0.240. The largest absolute Gasteiger partial charge is 0.310 e. The maximum absolute atomic E-state index is 3.59. The third-order valence-electron chi connectivity index (χ3n) is 4.19. The Bertz CT molecular complexity index is 423. The molecule has 1 unspecified atom stereocenters. The van der Waals surface area contributed by atoms with E-state index in [4.69, 9.17) is 0 Å². The van der Waals surface area contributed by atoms with Crippen molar-refractivity contribution in [1.29, 1.82) is 0 Å². The number of nitrogens with zero attached hydrogens (tertiary/aromatic N) is 1. The fraction of sp³-hybridized carbons (Fsp3) is 0.625. The molecule has 1 aliphatic rings. The Kier molecular flexibility index (Phi) is 3.79. The minimum absolute atomic E-state index is 0.294. The molecule has 2 rings (SSSR count). The number of benzene rings is 1. The first-order valence-electron chi connectivity index (χ1n) is 6.89. The SMILES string of the molecule is Cc1ccc(CN(C)C2CNC(C)(C)C2)cc1C. The molecule has 100 valence electrons. The smallest absolute Gasteiger partial charge is 0.0238 e. The molecule has 2 nitrogen and oxygen atoms in total. The maximum Gasteiger partial charge on any atom is 0.0238 e. The number of aryl methyl sites for hydroxylation is 2. The second kappa shape index (κ2) is 5.02. The van der Waals surface area contributed by atoms with E-state index in [1.807, 2.05) is 0 Å². The van der Waals surface area contributed by atoms with Gasteiger partial charge in [-0.05, 0) is 57.9 Å². The van der Waals surface area contributed by atoms with Gasteiger partial charge >= 0.3 is 0 Å². The monoisotopic (exact) mass is 246 g/mol. The van der Waals surface area contributed by atoms with Crippen LogP contribution in [0, 0.1) is 13.8 Å². The van der Waals surface area contributed by atoms with Gasteiger partial charge in [0, 0.05) is 24.7 Å². The number of likely N-dealkylation sites (N-methyl/N-ethyl adjacent to an activating group) is 1. The highest BCUT2D eigenvalue weighted by molar-refractivity contribution is 5.29. The number of rotatable bonds is 3. The van der Waals surface area contributed by atoms with Crippen LogP contribution >= 0.6 is 0 Å². The number of hydrogen-bond acceptors (Lipinski definition) is 2. The van der Waals surface area contributed by atoms with Gasteiger partial charge in [-0.15, -0.1) is 0 Å². The first-order valence-corrected chi connectivity index (χ1v) is 6.89. The average Bonchev–Trinajstić information content (AvgIpc) is 2.64. The van der Waals surface area contributed by atoms with Crippen molar-refractivity contribution in [2.75, 3.05) is 13.6 Å². The lowest BCUT2D eigenvalue weighted by Gasteiger charge is -2.25. The molecule has 1 aliphatic heterocycles. The first-order chi connectivity index (χ1) is 8.37. The quantitative estimate of drug-likeness (QED) is 0.882. The summed E-state index contributed by atoms with van der Waals surface area (Å²) in [6.07, 6.45) is 1.23. The Morgan fingerprint density at radius 3 is 2.56 bits per heavy atom. The van der Waals surface area contributed by atoms with E-state index in [1.54, 1.807) is 0 Å². The molecule has 1 heterocycles. The summed E-state index contributed by atoms with van der Waals surface area (Å²) < 4.78 is 0. The van der Waals surface area contributed by atoms with Gasteiger partial charge in [0.25, 0.3) is 0 Å². The van der Waals surface area contributed by atoms with E-state index in [1.165, 1.54) is 23.1 Å². The average molecular weight is 246 g/mol. The van der Waals surface area contributed by atoms with E-state index >= 15 is 0 Å². The van der Waals surface area contributed by atoms with Crippen LogP contribution in [0.3, 0.4) is 0 Å². The molecule has 0 spiro atoms. The van der Waals surface area contributed by atoms with Gasteiger partial charge in [0.2, 0.25) is 0 Å². The number of nitrogens with one attached hydrogen (secondary N) is 1. The van der Waals surface area contributed by atoms with Crippen molar-refractivity contribution in [3.63, 3.8) is 0 Å². The Morgan fingerprint density at radius 2 is 2.00 bits per heavy atom. The van der Waals surface area contributed by atoms with Gasteiger partial charge in [0.1, 0.15) is 0 Å². The molecule has 0 radical (unpaired) electrons. The van der Waals surface area contributed by atoms with Gasteiger partial charge in [-0.25, -0.2) is 0 Å². The zero-order valence-corrected chi connectivity index (χ0v) is 12.4. The van der Waals surface area contributed by atoms with E-state index in [0.717, 1.165) is 13.1 Å². The molecule has 2 heteroatoms. The van der Waals surface area contributed by atoms with Crippen molar-refractivity contribution in [3.05, 3.63) is 34.9 Å². The summed E-state index contributed by atoms with van der Waals surface area (Å²) in [4.78, 5) is 2.48. The summed E-state index contributed by atoms with van der Waals surface area (Å²) in [7, 11) is 2.24. The number of hydrogen-bond donors (Lipinski definition) is 1. The van der Waals surface area contributed by atoms with Crippen molar-refractivity contribution in [2.24, 2.45) is 0 Å². The molecular weight excluding hydrogens is 220 g/mol. The van der Waals surface area contributed by atoms with Crippen molar-refractivity contribution < 1.29 is 0 Å². The fourth-order valence-electron chi connectivity index (χ4n) is 2.76. The Labute approximate surface area is 111 Å². The summed E-state index contributed by atoms with van der Waals surface area (Å²) in [5.41, 5.74) is 4.49. The van der Waals surface area contributed by atoms with Crippen LogP contribution in [0.25, 0.3) is 0 Å². The Morgan fingerprint density at radius 1 is 1.28 bits per heavy atom. The van der Waals surface area contributed by atoms with Crippen LogP contribution in [0.2, 0.25) is 0 Å². The molecule has 0 aromatic heterocycles. The highest BCUT2D eigenvalue weighted by Crippen LogP contribution is 2.22. The second-order valence-corrected chi connectivity index (χ2v) is 6.46. The molecule has 1 saturated heterocycles. The van der Waals surface area contributed by atoms with Gasteiger partial charge < -0.3 is 5.32 Å². The van der Waals surface area contributed by atoms with E-state index in [0.29, 0.717) is 11.6 Å². The zero-order chi connectivity index (χ0) is 13.3. The standard InChI is InChI=1S/C16H26N2/c1-12-6-7-14(8-13(12)2)11-18(5)15-9-16(3,4)17-10-15/h6-8,15,17H,9-11H2,1-5H3. The predicted octanol–water partition coefficient (Wildman–Crippen LogP) is 2.88. The van der Waals surface area contributed by atoms with Crippen LogP contribution in [0.1, 0.15) is 37.0 Å². The molecule has 1 fully saturated rings. The molecule has 0 saturated carbocycles. The lowest BCUT2D eigenvalue weighted by Crippen LogP contribution is -2.32. The highest BCUT2D eigenvalue weighted by atomic mass is 15.2.